The average molecular weight is 242 g/mol. The molecule has 0 N–H and O–H groups in total. The van der Waals surface area contributed by atoms with Gasteiger partial charge in [-0.15, -0.1) is 0 Å². The average Bonchev–Trinajstić information content (AvgIpc) is 3.28. The van der Waals surface area contributed by atoms with Crippen LogP contribution in [0.3, 0.4) is 0 Å². The second-order valence-corrected chi connectivity index (χ2v) is 5.41. The van der Waals surface area contributed by atoms with Crippen LogP contribution in [0, 0.1) is 5.82 Å². The molecule has 0 bridgehead atoms. The zero-order chi connectivity index (χ0) is 12.1. The van der Waals surface area contributed by atoms with E-state index in [2.05, 4.69) is 11.2 Å². The lowest BCUT2D eigenvalue weighted by Gasteiger charge is -2.07. The van der Waals surface area contributed by atoms with Gasteiger partial charge < -0.3 is 0 Å². The molecule has 0 amide bonds. The van der Waals surface area contributed by atoms with E-state index in [9.17, 15) is 4.39 Å². The van der Waals surface area contributed by atoms with Gasteiger partial charge in [-0.2, -0.15) is 5.10 Å². The Hall–Kier alpha value is -1.64. The van der Waals surface area contributed by atoms with E-state index in [0.29, 0.717) is 17.5 Å². The molecule has 0 radical (unpaired) electrons. The summed E-state index contributed by atoms with van der Waals surface area (Å²) >= 11 is 0. The fourth-order valence-corrected chi connectivity index (χ4v) is 2.48. The number of para-hydroxylation sites is 1. The van der Waals surface area contributed by atoms with Crippen LogP contribution in [-0.4, -0.2) is 9.78 Å². The van der Waals surface area contributed by atoms with E-state index in [4.69, 9.17) is 0 Å². The molecule has 3 heteroatoms. The fourth-order valence-electron chi connectivity index (χ4n) is 2.48. The normalized spacial score (nSPS) is 19.2. The van der Waals surface area contributed by atoms with E-state index in [1.807, 2.05) is 16.8 Å². The van der Waals surface area contributed by atoms with Crippen molar-refractivity contribution in [2.24, 2.45) is 0 Å². The van der Waals surface area contributed by atoms with Gasteiger partial charge in [0, 0.05) is 17.5 Å². The van der Waals surface area contributed by atoms with Crippen LogP contribution in [0.5, 0.6) is 0 Å². The van der Waals surface area contributed by atoms with Gasteiger partial charge in [0.25, 0.3) is 0 Å². The van der Waals surface area contributed by atoms with Crippen molar-refractivity contribution in [2.75, 3.05) is 0 Å². The minimum absolute atomic E-state index is 0.190. The number of nitrogens with zero attached hydrogens (tertiary/aromatic N) is 2. The van der Waals surface area contributed by atoms with E-state index < -0.39 is 0 Å². The molecule has 2 saturated carbocycles. The summed E-state index contributed by atoms with van der Waals surface area (Å²) in [5, 5.41) is 4.64. The Kier molecular flexibility index (Phi) is 2.10. The molecule has 1 aromatic carbocycles. The topological polar surface area (TPSA) is 17.8 Å². The molecule has 0 spiro atoms. The maximum absolute atomic E-state index is 13.9. The highest BCUT2D eigenvalue weighted by Gasteiger charge is 2.33. The minimum Gasteiger partial charge on any atom is -0.234 e. The van der Waals surface area contributed by atoms with Crippen molar-refractivity contribution in [1.82, 2.24) is 9.78 Å². The first kappa shape index (κ1) is 10.3. The first-order chi connectivity index (χ1) is 8.83. The highest BCUT2D eigenvalue weighted by atomic mass is 19.1. The summed E-state index contributed by atoms with van der Waals surface area (Å²) in [6.45, 7) is 0. The molecule has 0 saturated heterocycles. The Morgan fingerprint density at radius 3 is 2.44 bits per heavy atom. The van der Waals surface area contributed by atoms with E-state index in [-0.39, 0.29) is 5.82 Å². The molecular formula is C15H15FN2. The molecule has 1 heterocycles. The number of hydrogen-bond donors (Lipinski definition) is 0. The third-order valence-corrected chi connectivity index (χ3v) is 3.83. The lowest BCUT2D eigenvalue weighted by Crippen LogP contribution is -2.03. The number of hydrogen-bond acceptors (Lipinski definition) is 1. The van der Waals surface area contributed by atoms with Crippen molar-refractivity contribution in [3.8, 4) is 5.69 Å². The van der Waals surface area contributed by atoms with Crippen LogP contribution in [-0.2, 0) is 0 Å². The molecule has 0 atom stereocenters. The van der Waals surface area contributed by atoms with Crippen LogP contribution in [0.1, 0.15) is 48.9 Å². The largest absolute Gasteiger partial charge is 0.234 e. The number of aromatic nitrogens is 2. The molecule has 0 aliphatic heterocycles. The summed E-state index contributed by atoms with van der Waals surface area (Å²) in [5.41, 5.74) is 2.94. The molecule has 0 unspecified atom stereocenters. The smallest absolute Gasteiger partial charge is 0.148 e. The predicted molar refractivity (Wildman–Crippen MR) is 67.5 cm³/mol. The standard InChI is InChI=1S/C15H15FN2/c16-12-3-1-2-4-14(12)18-15(11-7-8-11)9-13(17-18)10-5-6-10/h1-4,9-11H,5-8H2. The minimum atomic E-state index is -0.190. The van der Waals surface area contributed by atoms with E-state index >= 15 is 0 Å². The summed E-state index contributed by atoms with van der Waals surface area (Å²) in [5.74, 6) is 1.02. The molecule has 4 rings (SSSR count). The van der Waals surface area contributed by atoms with Crippen LogP contribution >= 0.6 is 0 Å². The predicted octanol–water partition coefficient (Wildman–Crippen LogP) is 3.77. The van der Waals surface area contributed by atoms with Crippen molar-refractivity contribution in [1.29, 1.82) is 0 Å². The molecule has 2 fully saturated rings. The van der Waals surface area contributed by atoms with Crippen molar-refractivity contribution in [3.63, 3.8) is 0 Å². The Labute approximate surface area is 105 Å². The Bertz CT molecular complexity index is 594. The molecule has 2 aliphatic carbocycles. The SMILES string of the molecule is Fc1ccccc1-n1nc(C2CC2)cc1C1CC1. The molecule has 2 aromatic rings. The van der Waals surface area contributed by atoms with Gasteiger partial charge in [0.1, 0.15) is 11.5 Å². The summed E-state index contributed by atoms with van der Waals surface area (Å²) in [6.07, 6.45) is 4.89. The first-order valence-electron chi connectivity index (χ1n) is 6.67. The van der Waals surface area contributed by atoms with Crippen LogP contribution in [0.2, 0.25) is 0 Å². The Balaban J connectivity index is 1.85. The third kappa shape index (κ3) is 1.65. The van der Waals surface area contributed by atoms with Gasteiger partial charge in [-0.05, 0) is 43.9 Å². The van der Waals surface area contributed by atoms with Gasteiger partial charge in [-0.25, -0.2) is 9.07 Å². The second kappa shape index (κ2) is 3.67. The van der Waals surface area contributed by atoms with Crippen molar-refractivity contribution < 1.29 is 4.39 Å². The zero-order valence-electron chi connectivity index (χ0n) is 10.1. The Morgan fingerprint density at radius 2 is 1.78 bits per heavy atom. The summed E-state index contributed by atoms with van der Waals surface area (Å²) in [6, 6.07) is 9.10. The highest BCUT2D eigenvalue weighted by molar-refractivity contribution is 5.38. The fraction of sp³-hybridized carbons (Fsp3) is 0.400. The number of halogens is 1. The molecule has 2 aliphatic rings. The lowest BCUT2D eigenvalue weighted by molar-refractivity contribution is 0.605. The van der Waals surface area contributed by atoms with Crippen molar-refractivity contribution in [3.05, 3.63) is 47.5 Å². The lowest BCUT2D eigenvalue weighted by atomic mass is 10.2. The maximum atomic E-state index is 13.9. The van der Waals surface area contributed by atoms with Gasteiger partial charge in [-0.1, -0.05) is 12.1 Å². The molecule has 2 nitrogen and oxygen atoms in total. The van der Waals surface area contributed by atoms with E-state index in [1.165, 1.54) is 37.4 Å². The van der Waals surface area contributed by atoms with Gasteiger partial charge in [0.2, 0.25) is 0 Å². The maximum Gasteiger partial charge on any atom is 0.148 e. The quantitative estimate of drug-likeness (QED) is 0.801. The van der Waals surface area contributed by atoms with Gasteiger partial charge in [0.15, 0.2) is 0 Å². The van der Waals surface area contributed by atoms with Crippen LogP contribution in [0.25, 0.3) is 5.69 Å². The third-order valence-electron chi connectivity index (χ3n) is 3.83. The van der Waals surface area contributed by atoms with E-state index in [1.54, 1.807) is 6.07 Å². The summed E-state index contributed by atoms with van der Waals surface area (Å²) in [4.78, 5) is 0. The van der Waals surface area contributed by atoms with Crippen molar-refractivity contribution in [2.45, 2.75) is 37.5 Å². The number of rotatable bonds is 3. The van der Waals surface area contributed by atoms with Crippen molar-refractivity contribution >= 4 is 0 Å². The number of benzene rings is 1. The summed E-state index contributed by atoms with van der Waals surface area (Å²) < 4.78 is 15.7. The van der Waals surface area contributed by atoms with Crippen LogP contribution < -0.4 is 0 Å². The molecule has 92 valence electrons. The van der Waals surface area contributed by atoms with Gasteiger partial charge in [-0.3, -0.25) is 0 Å². The Morgan fingerprint density at radius 1 is 1.06 bits per heavy atom. The van der Waals surface area contributed by atoms with Crippen LogP contribution in [0.15, 0.2) is 30.3 Å². The first-order valence-corrected chi connectivity index (χ1v) is 6.67. The van der Waals surface area contributed by atoms with Crippen LogP contribution in [0.4, 0.5) is 4.39 Å². The van der Waals surface area contributed by atoms with Gasteiger partial charge >= 0.3 is 0 Å². The zero-order valence-corrected chi connectivity index (χ0v) is 10.1. The highest BCUT2D eigenvalue weighted by Crippen LogP contribution is 2.45. The summed E-state index contributed by atoms with van der Waals surface area (Å²) in [7, 11) is 0. The van der Waals surface area contributed by atoms with E-state index in [0.717, 1.165) is 5.69 Å². The molecular weight excluding hydrogens is 227 g/mol. The second-order valence-electron chi connectivity index (χ2n) is 5.41. The molecule has 18 heavy (non-hydrogen) atoms. The monoisotopic (exact) mass is 242 g/mol. The van der Waals surface area contributed by atoms with Gasteiger partial charge in [0.05, 0.1) is 5.69 Å². The molecule has 1 aromatic heterocycles.